The second kappa shape index (κ2) is 10.1. The quantitative estimate of drug-likeness (QED) is 0.265. The molecule has 1 N–H and O–H groups in total. The van der Waals surface area contributed by atoms with Crippen LogP contribution in [-0.2, 0) is 23.0 Å². The average molecular weight is 464 g/mol. The molecule has 0 radical (unpaired) electrons. The van der Waals surface area contributed by atoms with Crippen molar-refractivity contribution in [2.24, 2.45) is 0 Å². The van der Waals surface area contributed by atoms with E-state index in [1.165, 1.54) is 23.1 Å². The number of pyridine rings is 1. The van der Waals surface area contributed by atoms with E-state index in [2.05, 4.69) is 26.5 Å². The molecule has 0 atom stereocenters. The lowest BCUT2D eigenvalue weighted by atomic mass is 10.2. The van der Waals surface area contributed by atoms with Gasteiger partial charge in [0.05, 0.1) is 16.9 Å². The van der Waals surface area contributed by atoms with Crippen LogP contribution in [0.1, 0.15) is 14.5 Å². The fourth-order valence-electron chi connectivity index (χ4n) is 2.63. The predicted molar refractivity (Wildman–Crippen MR) is 119 cm³/mol. The van der Waals surface area contributed by atoms with E-state index in [0.717, 1.165) is 16.7 Å². The van der Waals surface area contributed by atoms with Crippen LogP contribution in [0.5, 0.6) is 0 Å². The summed E-state index contributed by atoms with van der Waals surface area (Å²) in [7, 11) is -3.21. The Labute approximate surface area is 183 Å². The number of carbonyl (C=O) groups excluding carboxylic acids is 1. The van der Waals surface area contributed by atoms with Gasteiger partial charge in [-0.2, -0.15) is 0 Å². The summed E-state index contributed by atoms with van der Waals surface area (Å²) in [5, 5.41) is 9.15. The molecule has 3 heterocycles. The number of rotatable bonds is 11. The minimum Gasteiger partial charge on any atom is -0.298 e. The molecule has 11 heteroatoms. The van der Waals surface area contributed by atoms with Gasteiger partial charge in [0, 0.05) is 35.9 Å². The first kappa shape index (κ1) is 22.3. The van der Waals surface area contributed by atoms with Gasteiger partial charge in [-0.15, -0.1) is 28.1 Å². The highest BCUT2D eigenvalue weighted by Crippen LogP contribution is 2.25. The van der Waals surface area contributed by atoms with E-state index >= 15 is 0 Å². The van der Waals surface area contributed by atoms with Crippen molar-refractivity contribution < 1.29 is 13.2 Å². The molecule has 30 heavy (non-hydrogen) atoms. The van der Waals surface area contributed by atoms with E-state index < -0.39 is 10.0 Å². The summed E-state index contributed by atoms with van der Waals surface area (Å²) < 4.78 is 26.6. The Morgan fingerprint density at radius 2 is 2.03 bits per heavy atom. The molecule has 0 saturated carbocycles. The number of thiophene rings is 1. The number of nitrogens with zero attached hydrogens (tertiary/aromatic N) is 4. The van der Waals surface area contributed by atoms with E-state index in [1.54, 1.807) is 24.5 Å². The van der Waals surface area contributed by atoms with Crippen molar-refractivity contribution in [3.05, 3.63) is 59.1 Å². The number of Topliss-reactive ketones (excluding diaryl/α,β-unsaturated/α-hetero) is 1. The Bertz CT molecular complexity index is 1120. The lowest BCUT2D eigenvalue weighted by Crippen LogP contribution is -2.23. The van der Waals surface area contributed by atoms with E-state index in [4.69, 9.17) is 0 Å². The molecular formula is C19H21N5O3S3. The zero-order chi connectivity index (χ0) is 21.6. The van der Waals surface area contributed by atoms with Gasteiger partial charge in [0.2, 0.25) is 10.0 Å². The Hall–Kier alpha value is -2.34. The maximum absolute atomic E-state index is 12.6. The van der Waals surface area contributed by atoms with Gasteiger partial charge in [0.1, 0.15) is 0 Å². The number of hydrogen-bond acceptors (Lipinski definition) is 8. The third-order valence-electron chi connectivity index (χ3n) is 3.97. The fourth-order valence-corrected chi connectivity index (χ4v) is 4.97. The van der Waals surface area contributed by atoms with E-state index in [1.807, 2.05) is 22.8 Å². The van der Waals surface area contributed by atoms with Gasteiger partial charge in [-0.25, -0.2) is 13.1 Å². The Morgan fingerprint density at radius 3 is 2.73 bits per heavy atom. The predicted octanol–water partition coefficient (Wildman–Crippen LogP) is 2.65. The highest BCUT2D eigenvalue weighted by molar-refractivity contribution is 7.99. The molecule has 0 amide bonds. The van der Waals surface area contributed by atoms with Crippen molar-refractivity contribution in [2.75, 3.05) is 18.6 Å². The first-order chi connectivity index (χ1) is 14.4. The molecule has 8 nitrogen and oxygen atoms in total. The van der Waals surface area contributed by atoms with Crippen molar-refractivity contribution in [1.29, 1.82) is 0 Å². The van der Waals surface area contributed by atoms with Crippen LogP contribution >= 0.6 is 23.1 Å². The van der Waals surface area contributed by atoms with Gasteiger partial charge in [-0.1, -0.05) is 17.8 Å². The number of hydrogen-bond donors (Lipinski definition) is 1. The number of allylic oxidation sites excluding steroid dienone is 1. The van der Waals surface area contributed by atoms with Crippen molar-refractivity contribution >= 4 is 38.9 Å². The van der Waals surface area contributed by atoms with Gasteiger partial charge >= 0.3 is 0 Å². The molecular weight excluding hydrogens is 442 g/mol. The molecule has 3 aromatic heterocycles. The fraction of sp³-hybridized carbons (Fsp3) is 0.263. The van der Waals surface area contributed by atoms with Crippen LogP contribution in [0.2, 0.25) is 0 Å². The third kappa shape index (κ3) is 6.08. The number of ketones is 1. The van der Waals surface area contributed by atoms with Gasteiger partial charge in [-0.3, -0.25) is 14.3 Å². The number of nitrogens with one attached hydrogen (secondary N) is 1. The normalized spacial score (nSPS) is 11.5. The van der Waals surface area contributed by atoms with E-state index in [0.29, 0.717) is 35.4 Å². The summed E-state index contributed by atoms with van der Waals surface area (Å²) >= 11 is 2.71. The highest BCUT2D eigenvalue weighted by atomic mass is 32.2. The molecule has 0 fully saturated rings. The molecule has 0 saturated heterocycles. The van der Waals surface area contributed by atoms with Crippen LogP contribution in [0.25, 0.3) is 11.4 Å². The van der Waals surface area contributed by atoms with Crippen LogP contribution in [0.15, 0.2) is 54.5 Å². The van der Waals surface area contributed by atoms with Crippen LogP contribution in [0.3, 0.4) is 0 Å². The van der Waals surface area contributed by atoms with Crippen molar-refractivity contribution in [3.63, 3.8) is 0 Å². The Morgan fingerprint density at radius 1 is 1.27 bits per heavy atom. The van der Waals surface area contributed by atoms with Crippen LogP contribution in [-0.4, -0.2) is 52.5 Å². The number of thioether (sulfide) groups is 1. The molecule has 3 rings (SSSR count). The monoisotopic (exact) mass is 463 g/mol. The number of aromatic nitrogens is 4. The maximum atomic E-state index is 12.6. The van der Waals surface area contributed by atoms with Crippen molar-refractivity contribution in [1.82, 2.24) is 24.5 Å². The molecule has 158 valence electrons. The molecule has 0 aliphatic heterocycles. The molecule has 0 aliphatic rings. The lowest BCUT2D eigenvalue weighted by Gasteiger charge is -2.07. The van der Waals surface area contributed by atoms with Crippen molar-refractivity contribution in [2.45, 2.75) is 18.1 Å². The van der Waals surface area contributed by atoms with Gasteiger partial charge < -0.3 is 0 Å². The molecule has 0 unspecified atom stereocenters. The Kier molecular flexibility index (Phi) is 7.53. The van der Waals surface area contributed by atoms with Gasteiger partial charge in [0.15, 0.2) is 16.8 Å². The van der Waals surface area contributed by atoms with Gasteiger partial charge in [-0.05, 0) is 30.7 Å². The van der Waals surface area contributed by atoms with Crippen LogP contribution < -0.4 is 4.72 Å². The standard InChI is InChI=1S/C19H21N5O3S3/c1-3-12-24-18(14-6-9-20-10-7-14)22-23-19(24)28-13-16(25)17-5-4-15(29-17)8-11-21-30(2,26)27/h3-7,9-10,21H,1,8,11-13H2,2H3. The summed E-state index contributed by atoms with van der Waals surface area (Å²) in [6, 6.07) is 7.35. The topological polar surface area (TPSA) is 107 Å². The van der Waals surface area contributed by atoms with Crippen molar-refractivity contribution in [3.8, 4) is 11.4 Å². The average Bonchev–Trinajstić information content (AvgIpc) is 3.34. The minimum atomic E-state index is -3.21. The first-order valence-electron chi connectivity index (χ1n) is 9.01. The van der Waals surface area contributed by atoms with Crippen LogP contribution in [0, 0.1) is 0 Å². The maximum Gasteiger partial charge on any atom is 0.208 e. The SMILES string of the molecule is C=CCn1c(SCC(=O)c2ccc(CCNS(C)(=O)=O)s2)nnc1-c1ccncc1. The largest absolute Gasteiger partial charge is 0.298 e. The highest BCUT2D eigenvalue weighted by Gasteiger charge is 2.16. The second-order valence-corrected chi connectivity index (χ2v) is 10.3. The Balaban J connectivity index is 1.64. The molecule has 3 aromatic rings. The first-order valence-corrected chi connectivity index (χ1v) is 12.7. The van der Waals surface area contributed by atoms with Crippen LogP contribution in [0.4, 0.5) is 0 Å². The molecule has 0 aromatic carbocycles. The second-order valence-electron chi connectivity index (χ2n) is 6.34. The lowest BCUT2D eigenvalue weighted by molar-refractivity contribution is 0.102. The summed E-state index contributed by atoms with van der Waals surface area (Å²) in [6.07, 6.45) is 6.81. The van der Waals surface area contributed by atoms with Gasteiger partial charge in [0.25, 0.3) is 0 Å². The zero-order valence-corrected chi connectivity index (χ0v) is 18.8. The smallest absolute Gasteiger partial charge is 0.208 e. The molecule has 0 bridgehead atoms. The number of sulfonamides is 1. The summed E-state index contributed by atoms with van der Waals surface area (Å²) in [4.78, 5) is 18.2. The van der Waals surface area contributed by atoms with E-state index in [9.17, 15) is 13.2 Å². The summed E-state index contributed by atoms with van der Waals surface area (Å²) in [6.45, 7) is 4.63. The zero-order valence-electron chi connectivity index (χ0n) is 16.3. The molecule has 0 aliphatic carbocycles. The summed E-state index contributed by atoms with van der Waals surface area (Å²) in [5.74, 6) is 0.919. The third-order valence-corrected chi connectivity index (χ3v) is 6.85. The summed E-state index contributed by atoms with van der Waals surface area (Å²) in [5.41, 5.74) is 0.892. The molecule has 0 spiro atoms. The van der Waals surface area contributed by atoms with E-state index in [-0.39, 0.29) is 11.5 Å². The number of carbonyl (C=O) groups is 1. The minimum absolute atomic E-state index is 0.00839.